The van der Waals surface area contributed by atoms with E-state index in [-0.39, 0.29) is 17.4 Å². The van der Waals surface area contributed by atoms with E-state index in [2.05, 4.69) is 30.7 Å². The molecular weight excluding hydrogens is 542 g/mol. The number of fused-ring (bicyclic) bond motifs is 1. The lowest BCUT2D eigenvalue weighted by Crippen LogP contribution is -2.24. The number of halogens is 1. The molecule has 5 rings (SSSR count). The summed E-state index contributed by atoms with van der Waals surface area (Å²) in [6, 6.07) is 12.8. The van der Waals surface area contributed by atoms with Crippen LogP contribution < -0.4 is 15.2 Å². The minimum Gasteiger partial charge on any atom is -0.504 e. The van der Waals surface area contributed by atoms with E-state index in [4.69, 9.17) is 9.15 Å². The van der Waals surface area contributed by atoms with Crippen molar-refractivity contribution < 1.29 is 14.3 Å². The molecule has 2 heterocycles. The van der Waals surface area contributed by atoms with Crippen LogP contribution in [0.2, 0.25) is 0 Å². The van der Waals surface area contributed by atoms with E-state index in [1.807, 2.05) is 30.5 Å². The Bertz CT molecular complexity index is 1550. The van der Waals surface area contributed by atoms with Gasteiger partial charge in [0.25, 0.3) is 0 Å². The Kier molecular flexibility index (Phi) is 7.38. The number of ether oxygens (including phenoxy) is 1. The van der Waals surface area contributed by atoms with Gasteiger partial charge in [-0.2, -0.15) is 5.10 Å². The molecule has 0 saturated heterocycles. The zero-order valence-electron chi connectivity index (χ0n) is 19.8. The number of benzene rings is 2. The number of rotatable bonds is 6. The van der Waals surface area contributed by atoms with Crippen LogP contribution >= 0.6 is 27.3 Å². The predicted octanol–water partition coefficient (Wildman–Crippen LogP) is 6.63. The van der Waals surface area contributed by atoms with Gasteiger partial charge < -0.3 is 18.8 Å². The zero-order chi connectivity index (χ0) is 25.1. The Balaban J connectivity index is 1.58. The van der Waals surface area contributed by atoms with Gasteiger partial charge in [0, 0.05) is 21.3 Å². The molecule has 186 valence electrons. The van der Waals surface area contributed by atoms with Crippen LogP contribution in [0.5, 0.6) is 11.5 Å². The van der Waals surface area contributed by atoms with Crippen molar-refractivity contribution in [1.82, 2.24) is 4.57 Å². The summed E-state index contributed by atoms with van der Waals surface area (Å²) >= 11 is 4.96. The molecule has 1 saturated carbocycles. The summed E-state index contributed by atoms with van der Waals surface area (Å²) < 4.78 is 14.2. The number of phenols is 1. The van der Waals surface area contributed by atoms with Gasteiger partial charge in [-0.25, -0.2) is 4.79 Å². The molecule has 7 nitrogen and oxygen atoms in total. The van der Waals surface area contributed by atoms with Crippen LogP contribution in [0.4, 0.5) is 0 Å². The Morgan fingerprint density at radius 3 is 2.83 bits per heavy atom. The Morgan fingerprint density at radius 2 is 2.03 bits per heavy atom. The van der Waals surface area contributed by atoms with Gasteiger partial charge in [-0.3, -0.25) is 0 Å². The summed E-state index contributed by atoms with van der Waals surface area (Å²) in [6.45, 7) is 2.32. The van der Waals surface area contributed by atoms with Crippen LogP contribution in [0.25, 0.3) is 22.2 Å². The largest absolute Gasteiger partial charge is 0.504 e. The lowest BCUT2D eigenvalue weighted by atomic mass is 9.95. The highest BCUT2D eigenvalue weighted by Gasteiger charge is 2.22. The topological polar surface area (TPSA) is 89.3 Å². The molecule has 0 amide bonds. The van der Waals surface area contributed by atoms with Crippen LogP contribution in [0.15, 0.2) is 71.7 Å². The van der Waals surface area contributed by atoms with E-state index in [1.165, 1.54) is 17.8 Å². The lowest BCUT2D eigenvalue weighted by molar-refractivity contribution is 0.318. The molecule has 2 aromatic heterocycles. The normalized spacial score (nSPS) is 15.2. The minimum atomic E-state index is -0.366. The third-order valence-corrected chi connectivity index (χ3v) is 7.61. The number of hydrogen-bond donors (Lipinski definition) is 1. The number of aromatic nitrogens is 1. The maximum Gasteiger partial charge on any atom is 0.345 e. The highest BCUT2D eigenvalue weighted by atomic mass is 79.9. The standard InChI is InChI=1S/C27H26BrN3O4S/c1-2-34-25-12-17(8-10-23(25)32)15-29-30-27-31(20-6-4-3-5-7-20)22(16-36-27)21-14-18-13-19(28)9-11-24(18)35-26(21)33/h8-16,20,32H,2-7H2,1H3/b29-15+,30-27+. The van der Waals surface area contributed by atoms with Gasteiger partial charge in [0.2, 0.25) is 4.80 Å². The van der Waals surface area contributed by atoms with Gasteiger partial charge in [-0.05, 0) is 67.8 Å². The van der Waals surface area contributed by atoms with Crippen molar-refractivity contribution in [3.05, 3.63) is 73.1 Å². The first-order chi connectivity index (χ1) is 17.5. The van der Waals surface area contributed by atoms with Crippen molar-refractivity contribution in [3.8, 4) is 22.8 Å². The molecule has 1 aliphatic carbocycles. The van der Waals surface area contributed by atoms with E-state index < -0.39 is 0 Å². The predicted molar refractivity (Wildman–Crippen MR) is 146 cm³/mol. The summed E-state index contributed by atoms with van der Waals surface area (Å²) in [5, 5.41) is 21.6. The van der Waals surface area contributed by atoms with Gasteiger partial charge >= 0.3 is 5.63 Å². The highest BCUT2D eigenvalue weighted by Crippen LogP contribution is 2.32. The summed E-state index contributed by atoms with van der Waals surface area (Å²) in [4.78, 5) is 13.7. The van der Waals surface area contributed by atoms with Crippen molar-refractivity contribution in [2.75, 3.05) is 6.61 Å². The third kappa shape index (κ3) is 5.17. The molecule has 0 spiro atoms. The summed E-state index contributed by atoms with van der Waals surface area (Å²) in [5.74, 6) is 0.497. The Hall–Kier alpha value is -3.17. The molecular formula is C27H26BrN3O4S. The number of hydrogen-bond acceptors (Lipinski definition) is 7. The molecule has 1 N–H and O–H groups in total. The average molecular weight is 568 g/mol. The molecule has 4 aromatic rings. The molecule has 0 aliphatic heterocycles. The van der Waals surface area contributed by atoms with Gasteiger partial charge in [-0.1, -0.05) is 35.2 Å². The Morgan fingerprint density at radius 1 is 1.19 bits per heavy atom. The first-order valence-electron chi connectivity index (χ1n) is 12.0. The smallest absolute Gasteiger partial charge is 0.345 e. The van der Waals surface area contributed by atoms with Gasteiger partial charge in [0.05, 0.1) is 24.1 Å². The van der Waals surface area contributed by atoms with Gasteiger partial charge in [0.15, 0.2) is 11.5 Å². The van der Waals surface area contributed by atoms with Crippen molar-refractivity contribution in [2.24, 2.45) is 10.2 Å². The van der Waals surface area contributed by atoms with Crippen LogP contribution in [-0.2, 0) is 0 Å². The number of thiazole rings is 1. The average Bonchev–Trinajstić information content (AvgIpc) is 3.30. The zero-order valence-corrected chi connectivity index (χ0v) is 22.2. The molecule has 9 heteroatoms. The minimum absolute atomic E-state index is 0.0882. The van der Waals surface area contributed by atoms with Crippen LogP contribution in [0, 0.1) is 0 Å². The maximum atomic E-state index is 13.0. The van der Waals surface area contributed by atoms with Crippen molar-refractivity contribution in [3.63, 3.8) is 0 Å². The second-order valence-corrected chi connectivity index (χ2v) is 10.5. The number of phenolic OH excluding ortho intramolecular Hbond substituents is 1. The SMILES string of the molecule is CCOc1cc(/C=N/N=c2/scc(-c3cc4cc(Br)ccc4oc3=O)n2C2CCCCC2)ccc1O. The quantitative estimate of drug-likeness (QED) is 0.161. The van der Waals surface area contributed by atoms with Crippen LogP contribution in [0.1, 0.15) is 50.6 Å². The van der Waals surface area contributed by atoms with E-state index in [0.29, 0.717) is 23.5 Å². The molecule has 0 radical (unpaired) electrons. The monoisotopic (exact) mass is 567 g/mol. The fraction of sp³-hybridized carbons (Fsp3) is 0.296. The summed E-state index contributed by atoms with van der Waals surface area (Å²) in [6.07, 6.45) is 7.19. The highest BCUT2D eigenvalue weighted by molar-refractivity contribution is 9.10. The molecule has 1 aliphatic rings. The fourth-order valence-corrected chi connectivity index (χ4v) is 5.87. The van der Waals surface area contributed by atoms with Crippen molar-refractivity contribution >= 4 is 44.5 Å². The molecule has 36 heavy (non-hydrogen) atoms. The molecule has 0 unspecified atom stereocenters. The van der Waals surface area contributed by atoms with E-state index in [9.17, 15) is 9.90 Å². The Labute approximate surface area is 220 Å². The first kappa shape index (κ1) is 24.5. The third-order valence-electron chi connectivity index (χ3n) is 6.29. The fourth-order valence-electron chi connectivity index (χ4n) is 4.58. The van der Waals surface area contributed by atoms with E-state index in [1.54, 1.807) is 30.5 Å². The van der Waals surface area contributed by atoms with Gasteiger partial charge in [0.1, 0.15) is 5.58 Å². The maximum absolute atomic E-state index is 13.0. The number of nitrogens with zero attached hydrogens (tertiary/aromatic N) is 3. The van der Waals surface area contributed by atoms with Crippen molar-refractivity contribution in [1.29, 1.82) is 0 Å². The summed E-state index contributed by atoms with van der Waals surface area (Å²) in [5.41, 5.74) is 2.28. The van der Waals surface area contributed by atoms with E-state index in [0.717, 1.165) is 51.6 Å². The van der Waals surface area contributed by atoms with Crippen LogP contribution in [0.3, 0.4) is 0 Å². The van der Waals surface area contributed by atoms with Crippen molar-refractivity contribution in [2.45, 2.75) is 45.1 Å². The lowest BCUT2D eigenvalue weighted by Gasteiger charge is -2.25. The van der Waals surface area contributed by atoms with Crippen LogP contribution in [-0.4, -0.2) is 22.5 Å². The van der Waals surface area contributed by atoms with E-state index >= 15 is 0 Å². The molecule has 2 aromatic carbocycles. The number of aromatic hydroxyl groups is 1. The van der Waals surface area contributed by atoms with Gasteiger partial charge in [-0.15, -0.1) is 16.4 Å². The summed E-state index contributed by atoms with van der Waals surface area (Å²) in [7, 11) is 0. The molecule has 0 bridgehead atoms. The molecule has 0 atom stereocenters. The molecule has 1 fully saturated rings. The second kappa shape index (κ2) is 10.8. The first-order valence-corrected chi connectivity index (χ1v) is 13.7. The second-order valence-electron chi connectivity index (χ2n) is 8.70.